The zero-order chi connectivity index (χ0) is 23.2. The molecule has 7 heteroatoms. The lowest BCUT2D eigenvalue weighted by Gasteiger charge is -2.34. The first-order valence-electron chi connectivity index (χ1n) is 12.3. The largest absolute Gasteiger partial charge is 0.493 e. The number of pyridine rings is 1. The average molecular weight is 464 g/mol. The predicted molar refractivity (Wildman–Crippen MR) is 129 cm³/mol. The molecule has 2 N–H and O–H groups in total. The number of ether oxygens (including phenoxy) is 1. The summed E-state index contributed by atoms with van der Waals surface area (Å²) in [5.41, 5.74) is 3.47. The van der Waals surface area contributed by atoms with Crippen LogP contribution >= 0.6 is 0 Å². The van der Waals surface area contributed by atoms with Gasteiger partial charge in [-0.2, -0.15) is 0 Å². The van der Waals surface area contributed by atoms with Gasteiger partial charge in [0.1, 0.15) is 11.6 Å². The molecule has 1 saturated heterocycles. The van der Waals surface area contributed by atoms with E-state index >= 15 is 0 Å². The van der Waals surface area contributed by atoms with Crippen LogP contribution in [0.4, 0.5) is 4.39 Å². The maximum absolute atomic E-state index is 14.8. The van der Waals surface area contributed by atoms with Gasteiger partial charge in [0.25, 0.3) is 5.56 Å². The number of nitrogens with zero attached hydrogens (tertiary/aromatic N) is 2. The molecule has 2 unspecified atom stereocenters. The number of aromatic nitrogens is 1. The zero-order valence-corrected chi connectivity index (χ0v) is 19.2. The molecule has 0 bridgehead atoms. The van der Waals surface area contributed by atoms with Crippen LogP contribution < -0.4 is 15.6 Å². The maximum atomic E-state index is 14.8. The minimum absolute atomic E-state index is 0.00690. The van der Waals surface area contributed by atoms with Gasteiger partial charge in [-0.05, 0) is 67.2 Å². The highest BCUT2D eigenvalue weighted by Crippen LogP contribution is 2.36. The lowest BCUT2D eigenvalue weighted by atomic mass is 9.96. The summed E-state index contributed by atoms with van der Waals surface area (Å²) < 4.78 is 22.2. The SMILES string of the molecule is O=c1ccc2ccc(F)c3c2n1CC3CN1CCC(NCc2ccc3c(c2)C(O)CCO3)CC1. The summed E-state index contributed by atoms with van der Waals surface area (Å²) in [6.45, 7) is 4.56. The Morgan fingerprint density at radius 1 is 1.09 bits per heavy atom. The summed E-state index contributed by atoms with van der Waals surface area (Å²) in [5, 5.41) is 14.8. The van der Waals surface area contributed by atoms with Gasteiger partial charge in [-0.25, -0.2) is 4.39 Å². The Balaban J connectivity index is 1.06. The molecule has 3 aliphatic rings. The summed E-state index contributed by atoms with van der Waals surface area (Å²) in [5.74, 6) is 0.596. The van der Waals surface area contributed by atoms with E-state index in [0.29, 0.717) is 31.2 Å². The Kier molecular flexibility index (Phi) is 5.63. The molecule has 0 saturated carbocycles. The molecule has 2 atom stereocenters. The van der Waals surface area contributed by atoms with Crippen molar-refractivity contribution in [3.63, 3.8) is 0 Å². The molecule has 6 nitrogen and oxygen atoms in total. The second kappa shape index (κ2) is 8.80. The van der Waals surface area contributed by atoms with Gasteiger partial charge in [-0.1, -0.05) is 6.07 Å². The molecule has 2 aromatic carbocycles. The fourth-order valence-electron chi connectivity index (χ4n) is 5.86. The van der Waals surface area contributed by atoms with Crippen LogP contribution in [0.1, 0.15) is 48.0 Å². The lowest BCUT2D eigenvalue weighted by Crippen LogP contribution is -2.43. The number of aliphatic hydroxyl groups is 1. The molecule has 34 heavy (non-hydrogen) atoms. The van der Waals surface area contributed by atoms with Crippen LogP contribution in [0, 0.1) is 5.82 Å². The van der Waals surface area contributed by atoms with Crippen molar-refractivity contribution in [3.05, 3.63) is 75.3 Å². The first kappa shape index (κ1) is 21.8. The van der Waals surface area contributed by atoms with Crippen molar-refractivity contribution in [2.75, 3.05) is 26.2 Å². The van der Waals surface area contributed by atoms with Crippen LogP contribution in [-0.4, -0.2) is 46.9 Å². The highest BCUT2D eigenvalue weighted by Gasteiger charge is 2.31. The van der Waals surface area contributed by atoms with Gasteiger partial charge in [-0.15, -0.1) is 0 Å². The van der Waals surface area contributed by atoms with E-state index in [1.165, 1.54) is 6.07 Å². The van der Waals surface area contributed by atoms with Gasteiger partial charge in [0.05, 0.1) is 18.2 Å². The molecule has 4 heterocycles. The predicted octanol–water partition coefficient (Wildman–Crippen LogP) is 3.31. The van der Waals surface area contributed by atoms with Crippen LogP contribution in [0.15, 0.2) is 47.3 Å². The highest BCUT2D eigenvalue weighted by atomic mass is 19.1. The van der Waals surface area contributed by atoms with E-state index in [2.05, 4.69) is 22.3 Å². The first-order chi connectivity index (χ1) is 16.6. The molecule has 0 amide bonds. The Morgan fingerprint density at radius 2 is 1.91 bits per heavy atom. The Morgan fingerprint density at radius 3 is 2.76 bits per heavy atom. The van der Waals surface area contributed by atoms with Crippen LogP contribution in [0.25, 0.3) is 10.9 Å². The number of fused-ring (bicyclic) bond motifs is 1. The Bertz CT molecular complexity index is 1280. The third kappa shape index (κ3) is 3.91. The van der Waals surface area contributed by atoms with E-state index < -0.39 is 6.10 Å². The van der Waals surface area contributed by atoms with Crippen molar-refractivity contribution in [2.24, 2.45) is 0 Å². The molecule has 6 rings (SSSR count). The standard InChI is InChI=1S/C27H30FN3O3/c28-22-4-2-18-3-6-25(33)31-16-19(26(22)27(18)31)15-30-10-7-20(8-11-30)29-14-17-1-5-24-21(13-17)23(32)9-12-34-24/h1-6,13,19-20,23,29,32H,7-12,14-16H2. The van der Waals surface area contributed by atoms with Gasteiger partial charge >= 0.3 is 0 Å². The van der Waals surface area contributed by atoms with Crippen LogP contribution in [0.2, 0.25) is 0 Å². The number of benzene rings is 2. The van der Waals surface area contributed by atoms with Gasteiger partial charge in [0.2, 0.25) is 0 Å². The van der Waals surface area contributed by atoms with E-state index in [4.69, 9.17) is 4.74 Å². The second-order valence-corrected chi connectivity index (χ2v) is 9.86. The van der Waals surface area contributed by atoms with Crippen LogP contribution in [0.3, 0.4) is 0 Å². The van der Waals surface area contributed by atoms with E-state index in [9.17, 15) is 14.3 Å². The number of rotatable bonds is 5. The summed E-state index contributed by atoms with van der Waals surface area (Å²) in [6, 6.07) is 13.2. The second-order valence-electron chi connectivity index (χ2n) is 9.86. The van der Waals surface area contributed by atoms with Crippen molar-refractivity contribution in [1.82, 2.24) is 14.8 Å². The molecule has 0 aliphatic carbocycles. The molecule has 1 fully saturated rings. The van der Waals surface area contributed by atoms with E-state index in [1.54, 1.807) is 22.8 Å². The number of piperidine rings is 1. The van der Waals surface area contributed by atoms with Crippen LogP contribution in [-0.2, 0) is 13.1 Å². The number of hydrogen-bond donors (Lipinski definition) is 2. The van der Waals surface area contributed by atoms with E-state index in [0.717, 1.165) is 66.8 Å². The minimum atomic E-state index is -0.444. The number of aliphatic hydroxyl groups excluding tert-OH is 1. The van der Waals surface area contributed by atoms with E-state index in [1.807, 2.05) is 6.07 Å². The molecule has 3 aliphatic heterocycles. The van der Waals surface area contributed by atoms with Crippen molar-refractivity contribution in [2.45, 2.75) is 50.4 Å². The first-order valence-corrected chi connectivity index (χ1v) is 12.3. The van der Waals surface area contributed by atoms with Crippen LogP contribution in [0.5, 0.6) is 5.75 Å². The van der Waals surface area contributed by atoms with Gasteiger partial charge in [0, 0.05) is 55.2 Å². The molecule has 3 aromatic rings. The fourth-order valence-corrected chi connectivity index (χ4v) is 5.86. The average Bonchev–Trinajstić information content (AvgIpc) is 3.24. The van der Waals surface area contributed by atoms with E-state index in [-0.39, 0.29) is 17.3 Å². The van der Waals surface area contributed by atoms with Crippen molar-refractivity contribution < 1.29 is 14.2 Å². The summed E-state index contributed by atoms with van der Waals surface area (Å²) in [6.07, 6.45) is 2.26. The Labute approximate surface area is 198 Å². The van der Waals surface area contributed by atoms with Gasteiger partial charge in [-0.3, -0.25) is 4.79 Å². The van der Waals surface area contributed by atoms with Gasteiger partial charge in [0.15, 0.2) is 0 Å². The fraction of sp³-hybridized carbons (Fsp3) is 0.444. The number of likely N-dealkylation sites (tertiary alicyclic amines) is 1. The highest BCUT2D eigenvalue weighted by molar-refractivity contribution is 5.84. The number of halogens is 1. The molecule has 178 valence electrons. The third-order valence-corrected chi connectivity index (χ3v) is 7.69. The summed E-state index contributed by atoms with van der Waals surface area (Å²) in [4.78, 5) is 14.8. The lowest BCUT2D eigenvalue weighted by molar-refractivity contribution is 0.115. The molecule has 0 spiro atoms. The van der Waals surface area contributed by atoms with Crippen molar-refractivity contribution >= 4 is 10.9 Å². The normalized spacial score (nSPS) is 22.6. The zero-order valence-electron chi connectivity index (χ0n) is 19.2. The van der Waals surface area contributed by atoms with Crippen molar-refractivity contribution in [3.8, 4) is 5.75 Å². The molecule has 1 aromatic heterocycles. The molecule has 0 radical (unpaired) electrons. The number of nitrogens with one attached hydrogen (secondary N) is 1. The third-order valence-electron chi connectivity index (χ3n) is 7.69. The quantitative estimate of drug-likeness (QED) is 0.608. The Hall–Kier alpha value is -2.74. The summed E-state index contributed by atoms with van der Waals surface area (Å²) >= 11 is 0. The summed E-state index contributed by atoms with van der Waals surface area (Å²) in [7, 11) is 0. The monoisotopic (exact) mass is 463 g/mol. The molecular formula is C27H30FN3O3. The smallest absolute Gasteiger partial charge is 0.251 e. The maximum Gasteiger partial charge on any atom is 0.251 e. The van der Waals surface area contributed by atoms with Crippen molar-refractivity contribution in [1.29, 1.82) is 0 Å². The molecular weight excluding hydrogens is 433 g/mol. The van der Waals surface area contributed by atoms with Gasteiger partial charge < -0.3 is 24.6 Å². The minimum Gasteiger partial charge on any atom is -0.493 e. The number of hydrogen-bond acceptors (Lipinski definition) is 5. The topological polar surface area (TPSA) is 66.7 Å².